The van der Waals surface area contributed by atoms with E-state index in [2.05, 4.69) is 5.32 Å². The molecule has 7 nitrogen and oxygen atoms in total. The number of hydrogen-bond donors (Lipinski definition) is 3. The van der Waals surface area contributed by atoms with E-state index in [-0.39, 0.29) is 30.4 Å². The molecule has 0 bridgehead atoms. The minimum atomic E-state index is -3.12. The van der Waals surface area contributed by atoms with Gasteiger partial charge in [-0.05, 0) is 25.2 Å². The van der Waals surface area contributed by atoms with Gasteiger partial charge < -0.3 is 16.2 Å². The molecule has 4 N–H and O–H groups in total. The summed E-state index contributed by atoms with van der Waals surface area (Å²) in [5, 5.41) is 11.3. The molecule has 0 saturated carbocycles. The molecule has 0 aliphatic carbocycles. The van der Waals surface area contributed by atoms with E-state index in [0.29, 0.717) is 19.4 Å². The van der Waals surface area contributed by atoms with Crippen molar-refractivity contribution in [3.8, 4) is 0 Å². The third-order valence-electron chi connectivity index (χ3n) is 3.33. The van der Waals surface area contributed by atoms with Crippen LogP contribution in [-0.4, -0.2) is 50.0 Å². The molecular formula is C13H26N2O5S. The SMILES string of the molecule is CCC(CCNC(=O)C(N)CCS(C)(=O)=O)CCC(=O)O. The van der Waals surface area contributed by atoms with Gasteiger partial charge in [-0.15, -0.1) is 0 Å². The fraction of sp³-hybridized carbons (Fsp3) is 0.846. The minimum absolute atomic E-state index is 0.0981. The minimum Gasteiger partial charge on any atom is -0.481 e. The van der Waals surface area contributed by atoms with Gasteiger partial charge in [0.25, 0.3) is 0 Å². The van der Waals surface area contributed by atoms with Crippen molar-refractivity contribution < 1.29 is 23.1 Å². The molecule has 0 aliphatic heterocycles. The van der Waals surface area contributed by atoms with Crippen LogP contribution >= 0.6 is 0 Å². The van der Waals surface area contributed by atoms with Gasteiger partial charge in [-0.3, -0.25) is 9.59 Å². The van der Waals surface area contributed by atoms with E-state index in [0.717, 1.165) is 12.7 Å². The van der Waals surface area contributed by atoms with Crippen molar-refractivity contribution in [2.75, 3.05) is 18.6 Å². The number of nitrogens with one attached hydrogen (secondary N) is 1. The number of carboxylic acid groups (broad SMARTS) is 1. The van der Waals surface area contributed by atoms with E-state index in [9.17, 15) is 18.0 Å². The lowest BCUT2D eigenvalue weighted by atomic mass is 9.96. The predicted octanol–water partition coefficient (Wildman–Crippen LogP) is 0.146. The van der Waals surface area contributed by atoms with Crippen molar-refractivity contribution in [2.24, 2.45) is 11.7 Å². The molecule has 0 radical (unpaired) electrons. The summed E-state index contributed by atoms with van der Waals surface area (Å²) in [6.45, 7) is 2.40. The molecule has 0 fully saturated rings. The van der Waals surface area contributed by atoms with Crippen LogP contribution in [0.15, 0.2) is 0 Å². The highest BCUT2D eigenvalue weighted by Gasteiger charge is 2.16. The molecule has 21 heavy (non-hydrogen) atoms. The topological polar surface area (TPSA) is 127 Å². The van der Waals surface area contributed by atoms with E-state index < -0.39 is 21.8 Å². The zero-order valence-corrected chi connectivity index (χ0v) is 13.5. The van der Waals surface area contributed by atoms with Gasteiger partial charge in [0.15, 0.2) is 0 Å². The second-order valence-corrected chi connectivity index (χ2v) is 7.57. The molecule has 0 aromatic heterocycles. The highest BCUT2D eigenvalue weighted by molar-refractivity contribution is 7.90. The predicted molar refractivity (Wildman–Crippen MR) is 80.6 cm³/mol. The highest BCUT2D eigenvalue weighted by atomic mass is 32.2. The molecule has 0 rings (SSSR count). The fourth-order valence-corrected chi connectivity index (χ4v) is 2.56. The average Bonchev–Trinajstić information content (AvgIpc) is 2.38. The van der Waals surface area contributed by atoms with Crippen LogP contribution in [0.2, 0.25) is 0 Å². The number of sulfone groups is 1. The Balaban J connectivity index is 3.98. The largest absolute Gasteiger partial charge is 0.481 e. The average molecular weight is 322 g/mol. The summed E-state index contributed by atoms with van der Waals surface area (Å²) >= 11 is 0. The zero-order valence-electron chi connectivity index (χ0n) is 12.7. The Labute approximate surface area is 126 Å². The second-order valence-electron chi connectivity index (χ2n) is 5.31. The number of aliphatic carboxylic acids is 1. The normalized spacial score (nSPS) is 14.4. The first-order valence-electron chi connectivity index (χ1n) is 7.08. The van der Waals surface area contributed by atoms with Crippen molar-refractivity contribution in [1.82, 2.24) is 5.32 Å². The highest BCUT2D eigenvalue weighted by Crippen LogP contribution is 2.14. The summed E-state index contributed by atoms with van der Waals surface area (Å²) in [5.41, 5.74) is 5.62. The monoisotopic (exact) mass is 322 g/mol. The molecule has 0 saturated heterocycles. The molecular weight excluding hydrogens is 296 g/mol. The Bertz CT molecular complexity index is 436. The summed E-state index contributed by atoms with van der Waals surface area (Å²) in [7, 11) is -3.12. The van der Waals surface area contributed by atoms with Crippen molar-refractivity contribution in [3.63, 3.8) is 0 Å². The van der Waals surface area contributed by atoms with Crippen LogP contribution in [0, 0.1) is 5.92 Å². The molecule has 0 aromatic carbocycles. The van der Waals surface area contributed by atoms with Gasteiger partial charge in [-0.1, -0.05) is 13.3 Å². The number of nitrogens with two attached hydrogens (primary N) is 1. The maximum Gasteiger partial charge on any atom is 0.303 e. The van der Waals surface area contributed by atoms with Crippen LogP contribution < -0.4 is 11.1 Å². The van der Waals surface area contributed by atoms with E-state index >= 15 is 0 Å². The molecule has 8 heteroatoms. The van der Waals surface area contributed by atoms with Crippen molar-refractivity contribution >= 4 is 21.7 Å². The maximum absolute atomic E-state index is 11.7. The molecule has 0 heterocycles. The molecule has 0 spiro atoms. The van der Waals surface area contributed by atoms with Gasteiger partial charge in [0.05, 0.1) is 11.8 Å². The number of rotatable bonds is 11. The van der Waals surface area contributed by atoms with E-state index in [4.69, 9.17) is 10.8 Å². The second kappa shape index (κ2) is 9.73. The van der Waals surface area contributed by atoms with Gasteiger partial charge in [-0.2, -0.15) is 0 Å². The lowest BCUT2D eigenvalue weighted by Crippen LogP contribution is -2.42. The van der Waals surface area contributed by atoms with Crippen LogP contribution in [0.5, 0.6) is 0 Å². The number of carbonyl (C=O) groups is 2. The van der Waals surface area contributed by atoms with Crippen LogP contribution in [0.25, 0.3) is 0 Å². The van der Waals surface area contributed by atoms with Gasteiger partial charge in [-0.25, -0.2) is 8.42 Å². The summed E-state index contributed by atoms with van der Waals surface area (Å²) < 4.78 is 22.0. The van der Waals surface area contributed by atoms with Crippen LogP contribution in [-0.2, 0) is 19.4 Å². The first-order valence-corrected chi connectivity index (χ1v) is 9.14. The number of carboxylic acids is 1. The Hall–Kier alpha value is -1.15. The Morgan fingerprint density at radius 1 is 1.24 bits per heavy atom. The molecule has 1 amide bonds. The van der Waals surface area contributed by atoms with Crippen LogP contribution in [0.4, 0.5) is 0 Å². The lowest BCUT2D eigenvalue weighted by molar-refractivity contribution is -0.137. The molecule has 0 aromatic rings. The van der Waals surface area contributed by atoms with Crippen molar-refractivity contribution in [2.45, 2.75) is 45.1 Å². The summed E-state index contributed by atoms with van der Waals surface area (Å²) in [6, 6.07) is -0.834. The smallest absolute Gasteiger partial charge is 0.303 e. The zero-order chi connectivity index (χ0) is 16.5. The third kappa shape index (κ3) is 11.2. The first-order chi connectivity index (χ1) is 9.65. The molecule has 2 unspecified atom stereocenters. The fourth-order valence-electron chi connectivity index (χ4n) is 1.88. The maximum atomic E-state index is 11.7. The van der Waals surface area contributed by atoms with E-state index in [1.807, 2.05) is 6.92 Å². The number of hydrogen-bond acceptors (Lipinski definition) is 5. The lowest BCUT2D eigenvalue weighted by Gasteiger charge is -2.16. The van der Waals surface area contributed by atoms with Gasteiger partial charge in [0, 0.05) is 19.2 Å². The summed E-state index contributed by atoms with van der Waals surface area (Å²) in [4.78, 5) is 22.2. The third-order valence-corrected chi connectivity index (χ3v) is 4.31. The molecule has 124 valence electrons. The molecule has 0 aliphatic rings. The Morgan fingerprint density at radius 2 is 1.86 bits per heavy atom. The van der Waals surface area contributed by atoms with Crippen LogP contribution in [0.1, 0.15) is 39.0 Å². The van der Waals surface area contributed by atoms with E-state index in [1.165, 1.54) is 0 Å². The summed E-state index contributed by atoms with van der Waals surface area (Å²) in [6.07, 6.45) is 3.45. The molecule has 2 atom stereocenters. The standard InChI is InChI=1S/C13H26N2O5S/c1-3-10(4-5-12(16)17)6-8-15-13(18)11(14)7-9-21(2,19)20/h10-11H,3-9,14H2,1-2H3,(H,15,18)(H,16,17). The van der Waals surface area contributed by atoms with Crippen molar-refractivity contribution in [3.05, 3.63) is 0 Å². The van der Waals surface area contributed by atoms with E-state index in [1.54, 1.807) is 0 Å². The van der Waals surface area contributed by atoms with Gasteiger partial charge >= 0.3 is 5.97 Å². The quantitative estimate of drug-likeness (QED) is 0.497. The number of amides is 1. The number of carbonyl (C=O) groups excluding carboxylic acids is 1. The Kier molecular flexibility index (Phi) is 9.19. The van der Waals surface area contributed by atoms with Gasteiger partial charge in [0.2, 0.25) is 5.91 Å². The van der Waals surface area contributed by atoms with Crippen molar-refractivity contribution in [1.29, 1.82) is 0 Å². The Morgan fingerprint density at radius 3 is 2.33 bits per heavy atom. The first kappa shape index (κ1) is 19.9. The summed E-state index contributed by atoms with van der Waals surface area (Å²) in [5.74, 6) is -1.06. The van der Waals surface area contributed by atoms with Gasteiger partial charge in [0.1, 0.15) is 9.84 Å². The van der Waals surface area contributed by atoms with Crippen LogP contribution in [0.3, 0.4) is 0 Å².